The van der Waals surface area contributed by atoms with Gasteiger partial charge in [-0.1, -0.05) is 29.3 Å². The Kier molecular flexibility index (Phi) is 5.53. The quantitative estimate of drug-likeness (QED) is 0.667. The third-order valence-electron chi connectivity index (χ3n) is 3.42. The molecule has 0 fully saturated rings. The molecule has 3 rings (SSSR count). The number of amides is 1. The minimum Gasteiger partial charge on any atom is -0.487 e. The van der Waals surface area contributed by atoms with Gasteiger partial charge >= 0.3 is 0 Å². The largest absolute Gasteiger partial charge is 0.487 e. The Morgan fingerprint density at radius 2 is 1.96 bits per heavy atom. The van der Waals surface area contributed by atoms with Crippen molar-refractivity contribution in [2.45, 2.75) is 6.61 Å². The first-order chi connectivity index (χ1) is 12.1. The molecule has 2 aromatic carbocycles. The van der Waals surface area contributed by atoms with Gasteiger partial charge in [-0.25, -0.2) is 0 Å². The van der Waals surface area contributed by atoms with E-state index in [-0.39, 0.29) is 12.5 Å². The van der Waals surface area contributed by atoms with Crippen LogP contribution in [0.25, 0.3) is 0 Å². The van der Waals surface area contributed by atoms with Crippen LogP contribution in [0.15, 0.2) is 67.0 Å². The minimum absolute atomic E-state index is 0.246. The summed E-state index contributed by atoms with van der Waals surface area (Å²) in [6.07, 6.45) is 3.30. The van der Waals surface area contributed by atoms with E-state index >= 15 is 0 Å². The number of ether oxygens (including phenoxy) is 1. The smallest absolute Gasteiger partial charge is 0.255 e. The predicted molar refractivity (Wildman–Crippen MR) is 99.4 cm³/mol. The number of carbonyl (C=O) groups is 1. The number of rotatable bonds is 5. The molecule has 6 heteroatoms. The average Bonchev–Trinajstić information content (AvgIpc) is 2.63. The standard InChI is InChI=1S/C19H14Cl2N2O2/c20-15-4-1-3-13(9-15)19(24)23-16-6-7-18(21)14(10-16)12-25-17-5-2-8-22-11-17/h1-11H,12H2,(H,23,24). The van der Waals surface area contributed by atoms with Crippen LogP contribution in [-0.4, -0.2) is 10.9 Å². The van der Waals surface area contributed by atoms with Crippen LogP contribution in [0.4, 0.5) is 5.69 Å². The van der Waals surface area contributed by atoms with Gasteiger partial charge in [0, 0.05) is 33.1 Å². The highest BCUT2D eigenvalue weighted by Crippen LogP contribution is 2.23. The van der Waals surface area contributed by atoms with Crippen molar-refractivity contribution in [2.24, 2.45) is 0 Å². The van der Waals surface area contributed by atoms with Crippen molar-refractivity contribution >= 4 is 34.8 Å². The van der Waals surface area contributed by atoms with Gasteiger partial charge in [-0.05, 0) is 48.5 Å². The lowest BCUT2D eigenvalue weighted by molar-refractivity contribution is 0.102. The van der Waals surface area contributed by atoms with Crippen LogP contribution < -0.4 is 10.1 Å². The lowest BCUT2D eigenvalue weighted by atomic mass is 10.2. The summed E-state index contributed by atoms with van der Waals surface area (Å²) in [5, 5.41) is 3.90. The Morgan fingerprint density at radius 1 is 1.08 bits per heavy atom. The van der Waals surface area contributed by atoms with Crippen molar-refractivity contribution in [1.82, 2.24) is 4.98 Å². The summed E-state index contributed by atoms with van der Waals surface area (Å²) in [5.41, 5.74) is 1.86. The number of nitrogens with zero attached hydrogens (tertiary/aromatic N) is 1. The van der Waals surface area contributed by atoms with E-state index in [1.165, 1.54) is 0 Å². The number of anilines is 1. The second-order valence-electron chi connectivity index (χ2n) is 5.25. The summed E-state index contributed by atoms with van der Waals surface area (Å²) in [6.45, 7) is 0.269. The predicted octanol–water partition coefficient (Wildman–Crippen LogP) is 5.22. The molecule has 0 bridgehead atoms. The molecule has 4 nitrogen and oxygen atoms in total. The molecule has 25 heavy (non-hydrogen) atoms. The van der Waals surface area contributed by atoms with Gasteiger partial charge in [-0.2, -0.15) is 0 Å². The Hall–Kier alpha value is -2.56. The third kappa shape index (κ3) is 4.72. The van der Waals surface area contributed by atoms with Crippen LogP contribution >= 0.6 is 23.2 Å². The Labute approximate surface area is 155 Å². The molecule has 0 aliphatic carbocycles. The van der Waals surface area contributed by atoms with E-state index in [0.29, 0.717) is 27.0 Å². The van der Waals surface area contributed by atoms with E-state index in [0.717, 1.165) is 5.56 Å². The number of aromatic nitrogens is 1. The van der Waals surface area contributed by atoms with Crippen molar-refractivity contribution in [3.63, 3.8) is 0 Å². The summed E-state index contributed by atoms with van der Waals surface area (Å²) >= 11 is 12.1. The maximum atomic E-state index is 12.3. The summed E-state index contributed by atoms with van der Waals surface area (Å²) in [7, 11) is 0. The van der Waals surface area contributed by atoms with Crippen molar-refractivity contribution in [3.8, 4) is 5.75 Å². The van der Waals surface area contributed by atoms with Crippen molar-refractivity contribution < 1.29 is 9.53 Å². The van der Waals surface area contributed by atoms with Crippen LogP contribution in [0.1, 0.15) is 15.9 Å². The first-order valence-corrected chi connectivity index (χ1v) is 8.25. The Balaban J connectivity index is 1.71. The van der Waals surface area contributed by atoms with Crippen molar-refractivity contribution in [1.29, 1.82) is 0 Å². The van der Waals surface area contributed by atoms with E-state index < -0.39 is 0 Å². The highest BCUT2D eigenvalue weighted by atomic mass is 35.5. The maximum absolute atomic E-state index is 12.3. The fourth-order valence-corrected chi connectivity index (χ4v) is 2.55. The highest BCUT2D eigenvalue weighted by Gasteiger charge is 2.09. The molecular weight excluding hydrogens is 359 g/mol. The number of benzene rings is 2. The molecule has 0 saturated carbocycles. The first-order valence-electron chi connectivity index (χ1n) is 7.50. The normalized spacial score (nSPS) is 10.3. The van der Waals surface area contributed by atoms with Crippen LogP contribution in [0.2, 0.25) is 10.0 Å². The van der Waals surface area contributed by atoms with Crippen LogP contribution in [0.3, 0.4) is 0 Å². The number of carbonyl (C=O) groups excluding carboxylic acids is 1. The van der Waals surface area contributed by atoms with Crippen molar-refractivity contribution in [3.05, 3.63) is 88.2 Å². The van der Waals surface area contributed by atoms with Crippen molar-refractivity contribution in [2.75, 3.05) is 5.32 Å². The summed E-state index contributed by atoms with van der Waals surface area (Å²) in [4.78, 5) is 16.3. The summed E-state index contributed by atoms with van der Waals surface area (Å²) in [5.74, 6) is 0.399. The molecule has 0 saturated heterocycles. The first kappa shape index (κ1) is 17.3. The molecule has 0 aliphatic rings. The molecule has 0 unspecified atom stereocenters. The van der Waals surface area contributed by atoms with Gasteiger partial charge in [0.05, 0.1) is 6.20 Å². The number of pyridine rings is 1. The van der Waals surface area contributed by atoms with Gasteiger partial charge < -0.3 is 10.1 Å². The molecular formula is C19H14Cl2N2O2. The number of nitrogens with one attached hydrogen (secondary N) is 1. The summed E-state index contributed by atoms with van der Waals surface area (Å²) in [6, 6.07) is 15.6. The monoisotopic (exact) mass is 372 g/mol. The van der Waals surface area contributed by atoms with E-state index in [1.807, 2.05) is 6.07 Å². The molecule has 1 aromatic heterocycles. The molecule has 126 valence electrons. The summed E-state index contributed by atoms with van der Waals surface area (Å²) < 4.78 is 5.66. The topological polar surface area (TPSA) is 51.2 Å². The highest BCUT2D eigenvalue weighted by molar-refractivity contribution is 6.31. The van der Waals surface area contributed by atoms with Gasteiger partial charge in [-0.3, -0.25) is 9.78 Å². The molecule has 1 heterocycles. The van der Waals surface area contributed by atoms with Crippen LogP contribution in [0, 0.1) is 0 Å². The number of halogens is 2. The zero-order valence-corrected chi connectivity index (χ0v) is 14.6. The molecule has 0 spiro atoms. The van der Waals surface area contributed by atoms with Gasteiger partial charge in [0.25, 0.3) is 5.91 Å². The minimum atomic E-state index is -0.246. The van der Waals surface area contributed by atoms with E-state index in [9.17, 15) is 4.79 Å². The second kappa shape index (κ2) is 8.01. The third-order valence-corrected chi connectivity index (χ3v) is 4.02. The molecule has 3 aromatic rings. The van der Waals surface area contributed by atoms with Crippen LogP contribution in [0.5, 0.6) is 5.75 Å². The van der Waals surface area contributed by atoms with Gasteiger partial charge in [-0.15, -0.1) is 0 Å². The maximum Gasteiger partial charge on any atom is 0.255 e. The van der Waals surface area contributed by atoms with E-state index in [1.54, 1.807) is 60.9 Å². The van der Waals surface area contributed by atoms with Crippen LogP contribution in [-0.2, 0) is 6.61 Å². The number of hydrogen-bond donors (Lipinski definition) is 1. The van der Waals surface area contributed by atoms with Gasteiger partial charge in [0.1, 0.15) is 12.4 Å². The molecule has 0 aliphatic heterocycles. The zero-order valence-electron chi connectivity index (χ0n) is 13.1. The molecule has 1 N–H and O–H groups in total. The van der Waals surface area contributed by atoms with E-state index in [4.69, 9.17) is 27.9 Å². The zero-order chi connectivity index (χ0) is 17.6. The molecule has 0 radical (unpaired) electrons. The second-order valence-corrected chi connectivity index (χ2v) is 6.09. The van der Waals surface area contributed by atoms with Gasteiger partial charge in [0.2, 0.25) is 0 Å². The lowest BCUT2D eigenvalue weighted by Crippen LogP contribution is -2.12. The lowest BCUT2D eigenvalue weighted by Gasteiger charge is -2.11. The molecule has 0 atom stereocenters. The van der Waals surface area contributed by atoms with Gasteiger partial charge in [0.15, 0.2) is 0 Å². The SMILES string of the molecule is O=C(Nc1ccc(Cl)c(COc2cccnc2)c1)c1cccc(Cl)c1. The fraction of sp³-hybridized carbons (Fsp3) is 0.0526. The fourth-order valence-electron chi connectivity index (χ4n) is 2.19. The average molecular weight is 373 g/mol. The Bertz CT molecular complexity index is 886. The number of hydrogen-bond acceptors (Lipinski definition) is 3. The van der Waals surface area contributed by atoms with E-state index in [2.05, 4.69) is 10.3 Å². The Morgan fingerprint density at radius 3 is 2.72 bits per heavy atom. The molecule has 1 amide bonds.